The number of nitrogens with two attached hydrogens (primary N) is 2. The maximum Gasteiger partial charge on any atom is 0.0327 e. The zero-order chi connectivity index (χ0) is 15.7. The SMILES string of the molecule is CC1(C)C(c2ccc(N)cc2)=CC=C(N)C1c1ccccc1. The first kappa shape index (κ1) is 14.5. The lowest BCUT2D eigenvalue weighted by Gasteiger charge is -2.40. The van der Waals surface area contributed by atoms with Crippen LogP contribution >= 0.6 is 0 Å². The molecule has 2 heteroatoms. The number of anilines is 1. The maximum absolute atomic E-state index is 6.35. The van der Waals surface area contributed by atoms with E-state index in [9.17, 15) is 0 Å². The molecule has 2 aromatic rings. The van der Waals surface area contributed by atoms with Crippen molar-refractivity contribution in [1.82, 2.24) is 0 Å². The van der Waals surface area contributed by atoms with Gasteiger partial charge in [0, 0.05) is 22.7 Å². The Bertz CT molecular complexity index is 722. The Hall–Kier alpha value is -2.48. The monoisotopic (exact) mass is 290 g/mol. The lowest BCUT2D eigenvalue weighted by atomic mass is 9.64. The Labute approximate surface area is 132 Å². The Balaban J connectivity index is 2.08. The molecule has 0 radical (unpaired) electrons. The highest BCUT2D eigenvalue weighted by Gasteiger charge is 2.38. The molecule has 2 aromatic carbocycles. The van der Waals surface area contributed by atoms with Crippen molar-refractivity contribution in [2.24, 2.45) is 11.1 Å². The van der Waals surface area contributed by atoms with Gasteiger partial charge in [0.25, 0.3) is 0 Å². The highest BCUT2D eigenvalue weighted by atomic mass is 14.6. The zero-order valence-corrected chi connectivity index (χ0v) is 13.1. The highest BCUT2D eigenvalue weighted by molar-refractivity contribution is 5.75. The lowest BCUT2D eigenvalue weighted by molar-refractivity contribution is 0.422. The summed E-state index contributed by atoms with van der Waals surface area (Å²) in [5.74, 6) is 0.172. The van der Waals surface area contributed by atoms with Gasteiger partial charge in [0.05, 0.1) is 0 Å². The molecule has 1 unspecified atom stereocenters. The minimum atomic E-state index is -0.0870. The van der Waals surface area contributed by atoms with E-state index >= 15 is 0 Å². The van der Waals surface area contributed by atoms with Crippen LogP contribution < -0.4 is 11.5 Å². The molecule has 0 saturated heterocycles. The molecule has 0 fully saturated rings. The number of benzene rings is 2. The van der Waals surface area contributed by atoms with E-state index in [0.29, 0.717) is 0 Å². The second-order valence-electron chi connectivity index (χ2n) is 6.43. The molecule has 3 rings (SSSR count). The van der Waals surface area contributed by atoms with Crippen LogP contribution in [0.15, 0.2) is 72.4 Å². The molecule has 22 heavy (non-hydrogen) atoms. The van der Waals surface area contributed by atoms with E-state index in [-0.39, 0.29) is 11.3 Å². The van der Waals surface area contributed by atoms with E-state index in [2.05, 4.69) is 56.3 Å². The van der Waals surface area contributed by atoms with Crippen LogP contribution in [0.2, 0.25) is 0 Å². The van der Waals surface area contributed by atoms with Gasteiger partial charge >= 0.3 is 0 Å². The molecule has 0 saturated carbocycles. The second kappa shape index (κ2) is 5.38. The summed E-state index contributed by atoms with van der Waals surface area (Å²) in [7, 11) is 0. The number of allylic oxidation sites excluding steroid dienone is 4. The number of nitrogen functional groups attached to an aromatic ring is 1. The third-order valence-electron chi connectivity index (χ3n) is 4.55. The minimum Gasteiger partial charge on any atom is -0.402 e. The van der Waals surface area contributed by atoms with Crippen molar-refractivity contribution >= 4 is 11.3 Å². The van der Waals surface area contributed by atoms with Crippen molar-refractivity contribution in [3.05, 3.63) is 83.6 Å². The van der Waals surface area contributed by atoms with Gasteiger partial charge in [-0.3, -0.25) is 0 Å². The van der Waals surface area contributed by atoms with Gasteiger partial charge in [-0.2, -0.15) is 0 Å². The molecule has 0 heterocycles. The first-order valence-corrected chi connectivity index (χ1v) is 7.59. The van der Waals surface area contributed by atoms with Gasteiger partial charge in [-0.1, -0.05) is 62.4 Å². The third kappa shape index (κ3) is 2.41. The summed E-state index contributed by atoms with van der Waals surface area (Å²) in [6, 6.07) is 18.5. The normalized spacial score (nSPS) is 20.2. The standard InChI is InChI=1S/C20H22N2/c1-20(2)17(14-8-10-16(21)11-9-14)12-13-18(22)19(20)15-6-4-3-5-7-15/h3-13,19H,21-22H2,1-2H3. The fourth-order valence-electron chi connectivity index (χ4n) is 3.45. The molecule has 1 atom stereocenters. The van der Waals surface area contributed by atoms with E-state index < -0.39 is 0 Å². The predicted molar refractivity (Wildman–Crippen MR) is 94.1 cm³/mol. The lowest BCUT2D eigenvalue weighted by Crippen LogP contribution is -2.30. The van der Waals surface area contributed by atoms with Crippen LogP contribution in [0, 0.1) is 5.41 Å². The van der Waals surface area contributed by atoms with Gasteiger partial charge in [-0.25, -0.2) is 0 Å². The zero-order valence-electron chi connectivity index (χ0n) is 13.1. The molecule has 2 nitrogen and oxygen atoms in total. The molecular formula is C20H22N2. The van der Waals surface area contributed by atoms with Gasteiger partial charge in [0.2, 0.25) is 0 Å². The molecule has 1 aliphatic rings. The quantitative estimate of drug-likeness (QED) is 0.809. The summed E-state index contributed by atoms with van der Waals surface area (Å²) in [6.07, 6.45) is 4.18. The maximum atomic E-state index is 6.35. The Morgan fingerprint density at radius 2 is 1.45 bits per heavy atom. The van der Waals surface area contributed by atoms with Crippen LogP contribution in [0.3, 0.4) is 0 Å². The molecule has 0 spiro atoms. The Kier molecular flexibility index (Phi) is 3.53. The summed E-state index contributed by atoms with van der Waals surface area (Å²) in [4.78, 5) is 0. The largest absolute Gasteiger partial charge is 0.402 e. The number of rotatable bonds is 2. The molecule has 0 aromatic heterocycles. The third-order valence-corrected chi connectivity index (χ3v) is 4.55. The molecule has 4 N–H and O–H groups in total. The van der Waals surface area contributed by atoms with Crippen molar-refractivity contribution in [3.8, 4) is 0 Å². The van der Waals surface area contributed by atoms with E-state index in [4.69, 9.17) is 11.5 Å². The van der Waals surface area contributed by atoms with Crippen molar-refractivity contribution in [1.29, 1.82) is 0 Å². The highest BCUT2D eigenvalue weighted by Crippen LogP contribution is 2.50. The number of hydrogen-bond donors (Lipinski definition) is 2. The summed E-state index contributed by atoms with van der Waals surface area (Å²) in [6.45, 7) is 4.51. The topological polar surface area (TPSA) is 52.0 Å². The van der Waals surface area contributed by atoms with Crippen LogP contribution in [0.5, 0.6) is 0 Å². The Morgan fingerprint density at radius 3 is 2.09 bits per heavy atom. The summed E-state index contributed by atoms with van der Waals surface area (Å²) in [5.41, 5.74) is 17.5. The molecule has 0 aliphatic heterocycles. The molecular weight excluding hydrogens is 268 g/mol. The van der Waals surface area contributed by atoms with Gasteiger partial charge in [-0.05, 0) is 34.9 Å². The Morgan fingerprint density at radius 1 is 0.818 bits per heavy atom. The van der Waals surface area contributed by atoms with Crippen molar-refractivity contribution in [3.63, 3.8) is 0 Å². The minimum absolute atomic E-state index is 0.0870. The van der Waals surface area contributed by atoms with Gasteiger partial charge in [0.1, 0.15) is 0 Å². The molecule has 1 aliphatic carbocycles. The van der Waals surface area contributed by atoms with Gasteiger partial charge in [0.15, 0.2) is 0 Å². The van der Waals surface area contributed by atoms with Gasteiger partial charge in [-0.15, -0.1) is 0 Å². The van der Waals surface area contributed by atoms with Crippen molar-refractivity contribution in [2.45, 2.75) is 19.8 Å². The van der Waals surface area contributed by atoms with E-state index in [0.717, 1.165) is 11.4 Å². The fourth-order valence-corrected chi connectivity index (χ4v) is 3.45. The van der Waals surface area contributed by atoms with Crippen LogP contribution in [-0.4, -0.2) is 0 Å². The first-order chi connectivity index (χ1) is 10.5. The molecule has 0 bridgehead atoms. The van der Waals surface area contributed by atoms with Crippen LogP contribution in [0.25, 0.3) is 5.57 Å². The van der Waals surface area contributed by atoms with Crippen LogP contribution in [-0.2, 0) is 0 Å². The van der Waals surface area contributed by atoms with Crippen LogP contribution in [0.1, 0.15) is 30.9 Å². The van der Waals surface area contributed by atoms with Crippen molar-refractivity contribution in [2.75, 3.05) is 5.73 Å². The van der Waals surface area contributed by atoms with E-state index in [1.165, 1.54) is 16.7 Å². The molecule has 0 amide bonds. The van der Waals surface area contributed by atoms with Crippen molar-refractivity contribution < 1.29 is 0 Å². The summed E-state index contributed by atoms with van der Waals surface area (Å²) in [5, 5.41) is 0. The fraction of sp³-hybridized carbons (Fsp3) is 0.200. The average molecular weight is 290 g/mol. The second-order valence-corrected chi connectivity index (χ2v) is 6.43. The average Bonchev–Trinajstić information content (AvgIpc) is 2.49. The predicted octanol–water partition coefficient (Wildman–Crippen LogP) is 4.32. The van der Waals surface area contributed by atoms with E-state index in [1.54, 1.807) is 0 Å². The summed E-state index contributed by atoms with van der Waals surface area (Å²) >= 11 is 0. The summed E-state index contributed by atoms with van der Waals surface area (Å²) < 4.78 is 0. The number of hydrogen-bond acceptors (Lipinski definition) is 2. The molecule has 112 valence electrons. The van der Waals surface area contributed by atoms with Crippen LogP contribution in [0.4, 0.5) is 5.69 Å². The first-order valence-electron chi connectivity index (χ1n) is 7.59. The van der Waals surface area contributed by atoms with Gasteiger partial charge < -0.3 is 11.5 Å². The smallest absolute Gasteiger partial charge is 0.0327 e. The van der Waals surface area contributed by atoms with E-state index in [1.807, 2.05) is 24.3 Å².